The van der Waals surface area contributed by atoms with E-state index in [1.54, 1.807) is 6.92 Å². The van der Waals surface area contributed by atoms with Gasteiger partial charge in [-0.3, -0.25) is 9.36 Å². The second-order valence-corrected chi connectivity index (χ2v) is 7.16. The molecule has 0 spiro atoms. The van der Waals surface area contributed by atoms with Crippen LogP contribution < -0.4 is 0 Å². The van der Waals surface area contributed by atoms with Crippen molar-refractivity contribution < 1.29 is 9.53 Å². The lowest BCUT2D eigenvalue weighted by Gasteiger charge is -2.13. The van der Waals surface area contributed by atoms with E-state index >= 15 is 0 Å². The minimum atomic E-state index is -0.369. The van der Waals surface area contributed by atoms with Crippen molar-refractivity contribution in [2.45, 2.75) is 31.2 Å². The zero-order valence-electron chi connectivity index (χ0n) is 15.0. The highest BCUT2D eigenvalue weighted by Gasteiger charge is 2.22. The van der Waals surface area contributed by atoms with Crippen LogP contribution in [0.2, 0.25) is 0 Å². The summed E-state index contributed by atoms with van der Waals surface area (Å²) in [6, 6.07) is 18.1. The fraction of sp³-hybridized carbons (Fsp3) is 0.250. The first-order chi connectivity index (χ1) is 12.6. The Balaban J connectivity index is 2.03. The number of hydrogen-bond donors (Lipinski definition) is 0. The normalized spacial score (nSPS) is 12.0. The molecule has 1 unspecified atom stereocenters. The van der Waals surface area contributed by atoms with Crippen molar-refractivity contribution in [3.05, 3.63) is 60.2 Å². The van der Waals surface area contributed by atoms with Crippen LogP contribution in [0.3, 0.4) is 0 Å². The molecule has 3 rings (SSSR count). The number of aryl methyl sites for hydroxylation is 1. The third-order valence-corrected chi connectivity index (χ3v) is 4.88. The Morgan fingerprint density at radius 3 is 2.46 bits per heavy atom. The fourth-order valence-electron chi connectivity index (χ4n) is 2.51. The lowest BCUT2D eigenvalue weighted by molar-refractivity contribution is -0.142. The maximum absolute atomic E-state index is 12.0. The lowest BCUT2D eigenvalue weighted by atomic mass is 10.2. The highest BCUT2D eigenvalue weighted by molar-refractivity contribution is 8.00. The number of esters is 1. The largest absolute Gasteiger partial charge is 0.465 e. The van der Waals surface area contributed by atoms with E-state index in [0.717, 1.165) is 17.1 Å². The standard InChI is InChI=1S/C20H21N3O2S/c1-4-25-19(24)15(3)26-20-22-21-18(16-8-6-5-7-9-16)23(20)17-12-10-14(2)11-13-17/h5-13,15H,4H2,1-3H3. The van der Waals surface area contributed by atoms with E-state index < -0.39 is 0 Å². The molecule has 1 aromatic heterocycles. The van der Waals surface area contributed by atoms with Crippen LogP contribution in [0.25, 0.3) is 17.1 Å². The third kappa shape index (κ3) is 3.96. The number of aromatic nitrogens is 3. The molecule has 0 amide bonds. The Morgan fingerprint density at radius 1 is 1.12 bits per heavy atom. The summed E-state index contributed by atoms with van der Waals surface area (Å²) in [5, 5.41) is 9.02. The van der Waals surface area contributed by atoms with Crippen LogP contribution in [-0.2, 0) is 9.53 Å². The summed E-state index contributed by atoms with van der Waals surface area (Å²) in [4.78, 5) is 12.0. The van der Waals surface area contributed by atoms with Crippen molar-refractivity contribution in [1.29, 1.82) is 0 Å². The summed E-state index contributed by atoms with van der Waals surface area (Å²) in [6.07, 6.45) is 0. The summed E-state index contributed by atoms with van der Waals surface area (Å²) < 4.78 is 7.09. The van der Waals surface area contributed by atoms with Crippen molar-refractivity contribution in [3.63, 3.8) is 0 Å². The van der Waals surface area contributed by atoms with Gasteiger partial charge in [0, 0.05) is 11.3 Å². The van der Waals surface area contributed by atoms with Crippen molar-refractivity contribution in [1.82, 2.24) is 14.8 Å². The SMILES string of the molecule is CCOC(=O)C(C)Sc1nnc(-c2ccccc2)n1-c1ccc(C)cc1. The summed E-state index contributed by atoms with van der Waals surface area (Å²) in [6.45, 7) is 6.03. The second kappa shape index (κ2) is 8.19. The van der Waals surface area contributed by atoms with E-state index in [4.69, 9.17) is 4.74 Å². The Labute approximate surface area is 157 Å². The zero-order chi connectivity index (χ0) is 18.5. The van der Waals surface area contributed by atoms with Gasteiger partial charge >= 0.3 is 5.97 Å². The van der Waals surface area contributed by atoms with Gasteiger partial charge in [0.25, 0.3) is 0 Å². The van der Waals surface area contributed by atoms with Crippen LogP contribution in [0.4, 0.5) is 0 Å². The minimum absolute atomic E-state index is 0.253. The molecule has 0 fully saturated rings. The minimum Gasteiger partial charge on any atom is -0.465 e. The Kier molecular flexibility index (Phi) is 5.73. The number of thioether (sulfide) groups is 1. The molecular formula is C20H21N3O2S. The van der Waals surface area contributed by atoms with Gasteiger partial charge in [0.2, 0.25) is 0 Å². The van der Waals surface area contributed by atoms with E-state index in [1.807, 2.05) is 73.0 Å². The predicted octanol–water partition coefficient (Wildman–Crippen LogP) is 4.29. The summed E-state index contributed by atoms with van der Waals surface area (Å²) in [7, 11) is 0. The maximum Gasteiger partial charge on any atom is 0.319 e. The average molecular weight is 367 g/mol. The van der Waals surface area contributed by atoms with Crippen molar-refractivity contribution in [3.8, 4) is 17.1 Å². The van der Waals surface area contributed by atoms with Crippen LogP contribution in [0.5, 0.6) is 0 Å². The number of hydrogen-bond acceptors (Lipinski definition) is 5. The van der Waals surface area contributed by atoms with E-state index in [2.05, 4.69) is 10.2 Å². The van der Waals surface area contributed by atoms with Crippen molar-refractivity contribution in [2.75, 3.05) is 6.61 Å². The molecule has 3 aromatic rings. The molecule has 1 heterocycles. The molecule has 0 aliphatic carbocycles. The van der Waals surface area contributed by atoms with Gasteiger partial charge in [-0.05, 0) is 32.9 Å². The van der Waals surface area contributed by atoms with Crippen LogP contribution in [-0.4, -0.2) is 32.6 Å². The highest BCUT2D eigenvalue weighted by Crippen LogP contribution is 2.30. The van der Waals surface area contributed by atoms with E-state index in [0.29, 0.717) is 11.8 Å². The molecule has 26 heavy (non-hydrogen) atoms. The topological polar surface area (TPSA) is 57.0 Å². The van der Waals surface area contributed by atoms with Gasteiger partial charge in [-0.2, -0.15) is 0 Å². The Hall–Kier alpha value is -2.60. The molecule has 1 atom stereocenters. The number of carbonyl (C=O) groups excluding carboxylic acids is 1. The second-order valence-electron chi connectivity index (χ2n) is 5.86. The van der Waals surface area contributed by atoms with E-state index in [-0.39, 0.29) is 11.2 Å². The maximum atomic E-state index is 12.0. The Bertz CT molecular complexity index is 876. The molecule has 6 heteroatoms. The van der Waals surface area contributed by atoms with Crippen LogP contribution >= 0.6 is 11.8 Å². The average Bonchev–Trinajstić information content (AvgIpc) is 3.07. The first-order valence-corrected chi connectivity index (χ1v) is 9.39. The van der Waals surface area contributed by atoms with Gasteiger partial charge in [0.15, 0.2) is 11.0 Å². The van der Waals surface area contributed by atoms with Gasteiger partial charge in [0.1, 0.15) is 5.25 Å². The first kappa shape index (κ1) is 18.2. The Morgan fingerprint density at radius 2 is 1.81 bits per heavy atom. The summed E-state index contributed by atoms with van der Waals surface area (Å²) >= 11 is 1.35. The molecule has 0 bridgehead atoms. The van der Waals surface area contributed by atoms with Crippen molar-refractivity contribution in [2.24, 2.45) is 0 Å². The fourth-order valence-corrected chi connectivity index (χ4v) is 3.38. The van der Waals surface area contributed by atoms with Gasteiger partial charge in [0.05, 0.1) is 6.61 Å². The lowest BCUT2D eigenvalue weighted by Crippen LogP contribution is -2.17. The molecule has 0 saturated carbocycles. The first-order valence-electron chi connectivity index (χ1n) is 8.51. The van der Waals surface area contributed by atoms with Crippen LogP contribution in [0.15, 0.2) is 59.8 Å². The molecule has 0 aliphatic heterocycles. The number of ether oxygens (including phenoxy) is 1. The molecule has 134 valence electrons. The molecule has 2 aromatic carbocycles. The van der Waals surface area contributed by atoms with Crippen LogP contribution in [0.1, 0.15) is 19.4 Å². The van der Waals surface area contributed by atoms with E-state index in [9.17, 15) is 4.79 Å². The number of carbonyl (C=O) groups is 1. The van der Waals surface area contributed by atoms with Gasteiger partial charge in [-0.15, -0.1) is 10.2 Å². The predicted molar refractivity (Wildman–Crippen MR) is 103 cm³/mol. The number of benzene rings is 2. The van der Waals surface area contributed by atoms with Crippen molar-refractivity contribution >= 4 is 17.7 Å². The quantitative estimate of drug-likeness (QED) is 0.481. The van der Waals surface area contributed by atoms with Gasteiger partial charge in [-0.1, -0.05) is 59.8 Å². The molecular weight excluding hydrogens is 346 g/mol. The van der Waals surface area contributed by atoms with Crippen LogP contribution in [0, 0.1) is 6.92 Å². The highest BCUT2D eigenvalue weighted by atomic mass is 32.2. The zero-order valence-corrected chi connectivity index (χ0v) is 15.9. The molecule has 5 nitrogen and oxygen atoms in total. The number of nitrogens with zero attached hydrogens (tertiary/aromatic N) is 3. The molecule has 0 N–H and O–H groups in total. The number of rotatable bonds is 6. The summed E-state index contributed by atoms with van der Waals surface area (Å²) in [5.41, 5.74) is 3.10. The molecule has 0 radical (unpaired) electrons. The monoisotopic (exact) mass is 367 g/mol. The molecule has 0 saturated heterocycles. The van der Waals surface area contributed by atoms with Gasteiger partial charge in [-0.25, -0.2) is 0 Å². The summed E-state index contributed by atoms with van der Waals surface area (Å²) in [5.74, 6) is 0.491. The van der Waals surface area contributed by atoms with E-state index in [1.165, 1.54) is 17.3 Å². The smallest absolute Gasteiger partial charge is 0.319 e. The molecule has 0 aliphatic rings. The third-order valence-electron chi connectivity index (χ3n) is 3.86. The van der Waals surface area contributed by atoms with Gasteiger partial charge < -0.3 is 4.74 Å².